The summed E-state index contributed by atoms with van der Waals surface area (Å²) in [4.78, 5) is 68.6. The number of aliphatic hydroxyl groups excluding tert-OH is 1. The molecule has 0 fully saturated rings. The molecule has 0 bridgehead atoms. The number of hydrogen-bond donors (Lipinski definition) is 8. The fourth-order valence-corrected chi connectivity index (χ4v) is 1.93. The van der Waals surface area contributed by atoms with Gasteiger partial charge in [0.15, 0.2) is 0 Å². The van der Waals surface area contributed by atoms with E-state index in [4.69, 9.17) is 26.8 Å². The number of amides is 4. The maximum atomic E-state index is 12.3. The van der Waals surface area contributed by atoms with Gasteiger partial charge in [0.1, 0.15) is 18.1 Å². The van der Waals surface area contributed by atoms with Gasteiger partial charge >= 0.3 is 11.9 Å². The molecule has 10 N–H and O–H groups in total. The van der Waals surface area contributed by atoms with Crippen molar-refractivity contribution in [3.05, 3.63) is 0 Å². The summed E-state index contributed by atoms with van der Waals surface area (Å²) in [6.07, 6.45) is -1.56. The first kappa shape index (κ1) is 24.7. The second-order valence-electron chi connectivity index (χ2n) is 5.57. The number of nitrogens with two attached hydrogens (primary N) is 2. The van der Waals surface area contributed by atoms with E-state index in [0.717, 1.165) is 0 Å². The summed E-state index contributed by atoms with van der Waals surface area (Å²) in [7, 11) is 0. The van der Waals surface area contributed by atoms with Crippen LogP contribution in [0.4, 0.5) is 0 Å². The van der Waals surface area contributed by atoms with E-state index in [1.807, 2.05) is 5.32 Å². The van der Waals surface area contributed by atoms with Crippen molar-refractivity contribution in [3.8, 4) is 0 Å². The van der Waals surface area contributed by atoms with Crippen LogP contribution in [0.3, 0.4) is 0 Å². The minimum atomic E-state index is -1.69. The molecule has 28 heavy (non-hydrogen) atoms. The van der Waals surface area contributed by atoms with Crippen LogP contribution in [-0.4, -0.2) is 82.2 Å². The first-order valence-corrected chi connectivity index (χ1v) is 7.95. The highest BCUT2D eigenvalue weighted by molar-refractivity contribution is 5.95. The number of carbonyl (C=O) groups excluding carboxylic acids is 4. The Balaban J connectivity index is 5.32. The number of carboxylic acid groups (broad SMARTS) is 2. The number of aliphatic carboxylic acids is 2. The first-order valence-electron chi connectivity index (χ1n) is 7.95. The maximum Gasteiger partial charge on any atom is 0.328 e. The predicted molar refractivity (Wildman–Crippen MR) is 90.2 cm³/mol. The van der Waals surface area contributed by atoms with E-state index in [9.17, 15) is 28.8 Å². The van der Waals surface area contributed by atoms with Crippen molar-refractivity contribution in [2.24, 2.45) is 11.5 Å². The molecule has 158 valence electrons. The molecular weight excluding hydrogens is 382 g/mol. The van der Waals surface area contributed by atoms with Gasteiger partial charge < -0.3 is 42.7 Å². The average molecular weight is 405 g/mol. The van der Waals surface area contributed by atoms with E-state index in [-0.39, 0.29) is 6.42 Å². The van der Waals surface area contributed by atoms with Crippen LogP contribution in [0.15, 0.2) is 0 Å². The second-order valence-corrected chi connectivity index (χ2v) is 5.57. The lowest BCUT2D eigenvalue weighted by Crippen LogP contribution is -2.57. The molecule has 0 spiro atoms. The number of hydrogen-bond acceptors (Lipinski definition) is 8. The molecular formula is C14H23N5O9. The average Bonchev–Trinajstić information content (AvgIpc) is 2.60. The van der Waals surface area contributed by atoms with Gasteiger partial charge in [-0.25, -0.2) is 4.79 Å². The smallest absolute Gasteiger partial charge is 0.328 e. The van der Waals surface area contributed by atoms with Crippen LogP contribution < -0.4 is 27.4 Å². The molecule has 0 aliphatic rings. The summed E-state index contributed by atoms with van der Waals surface area (Å²) < 4.78 is 0. The fourth-order valence-electron chi connectivity index (χ4n) is 1.93. The zero-order chi connectivity index (χ0) is 21.9. The van der Waals surface area contributed by atoms with Gasteiger partial charge in [-0.2, -0.15) is 0 Å². The van der Waals surface area contributed by atoms with Gasteiger partial charge in [-0.05, 0) is 6.42 Å². The van der Waals surface area contributed by atoms with Crippen LogP contribution in [0.5, 0.6) is 0 Å². The summed E-state index contributed by atoms with van der Waals surface area (Å²) >= 11 is 0. The minimum absolute atomic E-state index is 0.341. The van der Waals surface area contributed by atoms with Gasteiger partial charge in [0.05, 0.1) is 19.6 Å². The summed E-state index contributed by atoms with van der Waals surface area (Å²) in [6.45, 7) is -1.44. The van der Waals surface area contributed by atoms with Gasteiger partial charge in [0.25, 0.3) is 0 Å². The first-order chi connectivity index (χ1) is 13.0. The molecule has 0 aromatic carbocycles. The largest absolute Gasteiger partial charge is 0.481 e. The van der Waals surface area contributed by atoms with Crippen molar-refractivity contribution in [2.75, 3.05) is 13.2 Å². The third-order valence-corrected chi connectivity index (χ3v) is 3.32. The lowest BCUT2D eigenvalue weighted by atomic mass is 10.1. The Morgan fingerprint density at radius 1 is 0.857 bits per heavy atom. The molecule has 0 saturated carbocycles. The van der Waals surface area contributed by atoms with Gasteiger partial charge in [0, 0.05) is 6.42 Å². The number of primary amides is 1. The van der Waals surface area contributed by atoms with Gasteiger partial charge in [-0.3, -0.25) is 24.0 Å². The van der Waals surface area contributed by atoms with Crippen LogP contribution in [0.25, 0.3) is 0 Å². The van der Waals surface area contributed by atoms with Crippen molar-refractivity contribution in [1.82, 2.24) is 16.0 Å². The molecule has 0 aliphatic carbocycles. The fraction of sp³-hybridized carbons (Fsp3) is 0.571. The zero-order valence-corrected chi connectivity index (χ0v) is 14.7. The molecule has 0 radical (unpaired) electrons. The maximum absolute atomic E-state index is 12.3. The molecule has 0 aromatic heterocycles. The summed E-state index contributed by atoms with van der Waals surface area (Å²) in [6, 6.07) is -4.71. The monoisotopic (exact) mass is 405 g/mol. The summed E-state index contributed by atoms with van der Waals surface area (Å²) in [5.41, 5.74) is 10.1. The Bertz CT molecular complexity index is 624. The van der Waals surface area contributed by atoms with Crippen LogP contribution in [0.1, 0.15) is 19.3 Å². The van der Waals surface area contributed by atoms with Crippen LogP contribution in [0.2, 0.25) is 0 Å². The lowest BCUT2D eigenvalue weighted by Gasteiger charge is -2.23. The van der Waals surface area contributed by atoms with Gasteiger partial charge in [-0.15, -0.1) is 0 Å². The standard InChI is InChI=1S/C14H23N5O9/c15-4-10(22)17-6(1-2-11(23)24)12(25)18-7(3-9(16)21)13(26)19-8(5-20)14(27)28/h6-8,20H,1-5,15H2,(H2,16,21)(H,17,22)(H,18,25)(H,19,26)(H,23,24)(H,27,28). The molecule has 0 heterocycles. The van der Waals surface area contributed by atoms with E-state index in [2.05, 4.69) is 10.6 Å². The Hall–Kier alpha value is -3.26. The molecule has 0 rings (SSSR count). The van der Waals surface area contributed by atoms with E-state index in [0.29, 0.717) is 0 Å². The minimum Gasteiger partial charge on any atom is -0.481 e. The normalized spacial score (nSPS) is 13.5. The highest BCUT2D eigenvalue weighted by Crippen LogP contribution is 2.02. The van der Waals surface area contributed by atoms with Crippen LogP contribution in [0, 0.1) is 0 Å². The van der Waals surface area contributed by atoms with E-state index in [1.165, 1.54) is 0 Å². The molecule has 14 heteroatoms. The Morgan fingerprint density at radius 2 is 1.39 bits per heavy atom. The number of carbonyl (C=O) groups is 6. The third kappa shape index (κ3) is 9.44. The van der Waals surface area contributed by atoms with E-state index >= 15 is 0 Å². The molecule has 14 nitrogen and oxygen atoms in total. The summed E-state index contributed by atoms with van der Waals surface area (Å²) in [5, 5.41) is 32.7. The molecule has 3 atom stereocenters. The van der Waals surface area contributed by atoms with Crippen molar-refractivity contribution < 1.29 is 44.1 Å². The Labute approximate surface area is 158 Å². The van der Waals surface area contributed by atoms with Crippen molar-refractivity contribution in [2.45, 2.75) is 37.4 Å². The molecule has 3 unspecified atom stereocenters. The number of nitrogens with one attached hydrogen (secondary N) is 3. The van der Waals surface area contributed by atoms with Crippen LogP contribution >= 0.6 is 0 Å². The third-order valence-electron chi connectivity index (χ3n) is 3.32. The van der Waals surface area contributed by atoms with E-state index < -0.39 is 79.7 Å². The molecule has 4 amide bonds. The summed E-state index contributed by atoms with van der Waals surface area (Å²) in [5.74, 6) is -6.74. The highest BCUT2D eigenvalue weighted by Gasteiger charge is 2.30. The zero-order valence-electron chi connectivity index (χ0n) is 14.7. The predicted octanol–water partition coefficient (Wildman–Crippen LogP) is -4.78. The second kappa shape index (κ2) is 12.2. The quantitative estimate of drug-likeness (QED) is 0.145. The van der Waals surface area contributed by atoms with Crippen molar-refractivity contribution in [1.29, 1.82) is 0 Å². The molecule has 0 aliphatic heterocycles. The van der Waals surface area contributed by atoms with Crippen molar-refractivity contribution >= 4 is 35.6 Å². The lowest BCUT2D eigenvalue weighted by molar-refractivity contribution is -0.143. The van der Waals surface area contributed by atoms with Gasteiger partial charge in [0.2, 0.25) is 23.6 Å². The SMILES string of the molecule is NCC(=O)NC(CCC(=O)O)C(=O)NC(CC(N)=O)C(=O)NC(CO)C(=O)O. The number of aliphatic hydroxyl groups is 1. The number of carboxylic acids is 2. The molecule has 0 aromatic rings. The topological polar surface area (TPSA) is 251 Å². The number of rotatable bonds is 13. The highest BCUT2D eigenvalue weighted by atomic mass is 16.4. The van der Waals surface area contributed by atoms with Gasteiger partial charge in [-0.1, -0.05) is 0 Å². The Morgan fingerprint density at radius 3 is 1.82 bits per heavy atom. The molecule has 0 saturated heterocycles. The Kier molecular flexibility index (Phi) is 10.8. The van der Waals surface area contributed by atoms with Crippen molar-refractivity contribution in [3.63, 3.8) is 0 Å². The van der Waals surface area contributed by atoms with E-state index in [1.54, 1.807) is 0 Å². The van der Waals surface area contributed by atoms with Crippen LogP contribution in [-0.2, 0) is 28.8 Å².